The quantitative estimate of drug-likeness (QED) is 0.357. The topological polar surface area (TPSA) is 61.9 Å². The highest BCUT2D eigenvalue weighted by atomic mass is 19.4. The molecule has 1 fully saturated rings. The van der Waals surface area contributed by atoms with E-state index in [4.69, 9.17) is 0 Å². The molecule has 0 aromatic heterocycles. The zero-order valence-electron chi connectivity index (χ0n) is 19.6. The summed E-state index contributed by atoms with van der Waals surface area (Å²) in [7, 11) is 0. The van der Waals surface area contributed by atoms with Gasteiger partial charge in [-0.05, 0) is 66.6 Å². The lowest BCUT2D eigenvalue weighted by atomic mass is 10.1. The van der Waals surface area contributed by atoms with Crippen LogP contribution in [0, 0.1) is 0 Å². The maximum atomic E-state index is 13.2. The number of carbonyl (C=O) groups excluding carboxylic acids is 2. The number of benzene rings is 3. The Labute approximate surface area is 213 Å². The van der Waals surface area contributed by atoms with Crippen molar-refractivity contribution in [3.8, 4) is 5.75 Å². The second kappa shape index (κ2) is 10.6. The number of hydrogen-bond donors (Lipinski definition) is 1. The molecule has 0 aliphatic carbocycles. The smallest absolute Gasteiger partial charge is 0.406 e. The van der Waals surface area contributed by atoms with E-state index in [2.05, 4.69) is 10.1 Å². The van der Waals surface area contributed by atoms with Crippen molar-refractivity contribution in [2.24, 2.45) is 0 Å². The third kappa shape index (κ3) is 6.75. The predicted molar refractivity (Wildman–Crippen MR) is 127 cm³/mol. The molecule has 1 aliphatic rings. The zero-order chi connectivity index (χ0) is 27.5. The molecule has 3 amide bonds. The average molecular weight is 537 g/mol. The molecule has 6 nitrogen and oxygen atoms in total. The van der Waals surface area contributed by atoms with E-state index in [1.165, 1.54) is 28.0 Å². The van der Waals surface area contributed by atoms with E-state index in [9.17, 15) is 35.9 Å². The first kappa shape index (κ1) is 26.8. The van der Waals surface area contributed by atoms with E-state index < -0.39 is 24.0 Å². The molecule has 1 saturated heterocycles. The van der Waals surface area contributed by atoms with Crippen LogP contribution in [-0.2, 0) is 12.7 Å². The normalized spacial score (nSPS) is 14.4. The van der Waals surface area contributed by atoms with Gasteiger partial charge in [0, 0.05) is 36.6 Å². The summed E-state index contributed by atoms with van der Waals surface area (Å²) in [4.78, 5) is 28.7. The first-order valence-corrected chi connectivity index (χ1v) is 11.4. The standard InChI is InChI=1S/C26H21F6N3O3/c27-25(28,29)19-10-8-18(9-11-19)23(36)33-20-5-2-6-21(15-20)35-13-3-12-34(24(35)37)16-17-4-1-7-22(14-17)38-26(30,31)32/h1-2,4-11,14-15H,3,12-13,16H2,(H,33,36). The van der Waals surface area contributed by atoms with Gasteiger partial charge in [0.05, 0.1) is 5.56 Å². The van der Waals surface area contributed by atoms with E-state index in [-0.39, 0.29) is 23.9 Å². The van der Waals surface area contributed by atoms with E-state index in [0.29, 0.717) is 36.4 Å². The summed E-state index contributed by atoms with van der Waals surface area (Å²) in [6.45, 7) is 0.835. The van der Waals surface area contributed by atoms with Gasteiger partial charge in [0.2, 0.25) is 0 Å². The molecule has 38 heavy (non-hydrogen) atoms. The molecule has 12 heteroatoms. The van der Waals surface area contributed by atoms with Crippen LogP contribution in [0.1, 0.15) is 27.9 Å². The Morgan fingerprint density at radius 1 is 0.895 bits per heavy atom. The van der Waals surface area contributed by atoms with Crippen LogP contribution >= 0.6 is 0 Å². The summed E-state index contributed by atoms with van der Waals surface area (Å²) < 4.78 is 79.9. The number of nitrogens with zero attached hydrogens (tertiary/aromatic N) is 2. The summed E-state index contributed by atoms with van der Waals surface area (Å²) in [5, 5.41) is 2.61. The first-order valence-electron chi connectivity index (χ1n) is 11.4. The zero-order valence-corrected chi connectivity index (χ0v) is 19.6. The molecule has 0 unspecified atom stereocenters. The molecule has 3 aromatic rings. The minimum atomic E-state index is -4.83. The van der Waals surface area contributed by atoms with Gasteiger partial charge >= 0.3 is 18.6 Å². The predicted octanol–water partition coefficient (Wildman–Crippen LogP) is 6.69. The van der Waals surface area contributed by atoms with Gasteiger partial charge in [-0.1, -0.05) is 18.2 Å². The van der Waals surface area contributed by atoms with Crippen molar-refractivity contribution in [3.05, 3.63) is 89.5 Å². The van der Waals surface area contributed by atoms with Gasteiger partial charge < -0.3 is 15.0 Å². The Morgan fingerprint density at radius 2 is 1.61 bits per heavy atom. The first-order chi connectivity index (χ1) is 17.9. The van der Waals surface area contributed by atoms with E-state index >= 15 is 0 Å². The summed E-state index contributed by atoms with van der Waals surface area (Å²) in [6.07, 6.45) is -8.76. The van der Waals surface area contributed by atoms with Crippen LogP contribution in [0.3, 0.4) is 0 Å². The third-order valence-corrected chi connectivity index (χ3v) is 5.71. The molecular formula is C26H21F6N3O3. The average Bonchev–Trinajstić information content (AvgIpc) is 2.84. The molecule has 0 bridgehead atoms. The number of amides is 3. The van der Waals surface area contributed by atoms with Crippen molar-refractivity contribution in [3.63, 3.8) is 0 Å². The van der Waals surface area contributed by atoms with Crippen LogP contribution in [0.4, 0.5) is 42.5 Å². The summed E-state index contributed by atoms with van der Waals surface area (Å²) in [6, 6.07) is 15.2. The van der Waals surface area contributed by atoms with Gasteiger partial charge in [-0.25, -0.2) is 4.79 Å². The molecule has 200 valence electrons. The Morgan fingerprint density at radius 3 is 2.29 bits per heavy atom. The molecule has 0 radical (unpaired) electrons. The van der Waals surface area contributed by atoms with E-state index in [1.54, 1.807) is 30.3 Å². The number of hydrogen-bond acceptors (Lipinski definition) is 3. The van der Waals surface area contributed by atoms with Crippen LogP contribution in [0.15, 0.2) is 72.8 Å². The number of urea groups is 1. The van der Waals surface area contributed by atoms with Gasteiger partial charge in [0.15, 0.2) is 0 Å². The van der Waals surface area contributed by atoms with Crippen LogP contribution in [0.5, 0.6) is 5.75 Å². The second-order valence-corrected chi connectivity index (χ2v) is 8.48. The van der Waals surface area contributed by atoms with Crippen LogP contribution < -0.4 is 15.0 Å². The minimum Gasteiger partial charge on any atom is -0.406 e. The minimum absolute atomic E-state index is 0.0281. The van der Waals surface area contributed by atoms with Crippen molar-refractivity contribution in [2.45, 2.75) is 25.5 Å². The number of carbonyl (C=O) groups is 2. The SMILES string of the molecule is O=C(Nc1cccc(N2CCCN(Cc3cccc(OC(F)(F)F)c3)C2=O)c1)c1ccc(C(F)(F)F)cc1. The highest BCUT2D eigenvalue weighted by Gasteiger charge is 2.32. The molecule has 3 aromatic carbocycles. The molecule has 0 saturated carbocycles. The highest BCUT2D eigenvalue weighted by molar-refractivity contribution is 6.04. The van der Waals surface area contributed by atoms with Crippen molar-refractivity contribution in [2.75, 3.05) is 23.3 Å². The lowest BCUT2D eigenvalue weighted by Crippen LogP contribution is -2.49. The fourth-order valence-electron chi connectivity index (χ4n) is 3.99. The fraction of sp³-hybridized carbons (Fsp3) is 0.231. The van der Waals surface area contributed by atoms with Crippen molar-refractivity contribution < 1.29 is 40.7 Å². The number of halogens is 6. The van der Waals surface area contributed by atoms with E-state index in [0.717, 1.165) is 24.3 Å². The number of anilines is 2. The molecular weight excluding hydrogens is 516 g/mol. The Bertz CT molecular complexity index is 1310. The van der Waals surface area contributed by atoms with Crippen molar-refractivity contribution in [1.82, 2.24) is 4.90 Å². The molecule has 1 N–H and O–H groups in total. The monoisotopic (exact) mass is 537 g/mol. The summed E-state index contributed by atoms with van der Waals surface area (Å²) in [5.41, 5.74) is 0.414. The fourth-order valence-corrected chi connectivity index (χ4v) is 3.99. The number of rotatable bonds is 6. The third-order valence-electron chi connectivity index (χ3n) is 5.71. The largest absolute Gasteiger partial charge is 0.573 e. The molecule has 1 heterocycles. The van der Waals surface area contributed by atoms with Gasteiger partial charge in [0.25, 0.3) is 5.91 Å². The van der Waals surface area contributed by atoms with Crippen molar-refractivity contribution >= 4 is 23.3 Å². The van der Waals surface area contributed by atoms with Crippen LogP contribution in [-0.4, -0.2) is 36.3 Å². The van der Waals surface area contributed by atoms with Gasteiger partial charge in [0.1, 0.15) is 5.75 Å². The second-order valence-electron chi connectivity index (χ2n) is 8.48. The van der Waals surface area contributed by atoms with Crippen LogP contribution in [0.25, 0.3) is 0 Å². The number of nitrogens with one attached hydrogen (secondary N) is 1. The summed E-state index contributed by atoms with van der Waals surface area (Å²) >= 11 is 0. The Hall–Kier alpha value is -4.22. The van der Waals surface area contributed by atoms with E-state index in [1.807, 2.05) is 0 Å². The van der Waals surface area contributed by atoms with Crippen LogP contribution in [0.2, 0.25) is 0 Å². The lowest BCUT2D eigenvalue weighted by molar-refractivity contribution is -0.274. The maximum Gasteiger partial charge on any atom is 0.573 e. The molecule has 4 rings (SSSR count). The van der Waals surface area contributed by atoms with Gasteiger partial charge in [-0.3, -0.25) is 9.69 Å². The van der Waals surface area contributed by atoms with Gasteiger partial charge in [-0.2, -0.15) is 13.2 Å². The molecule has 0 spiro atoms. The van der Waals surface area contributed by atoms with Crippen molar-refractivity contribution in [1.29, 1.82) is 0 Å². The number of alkyl halides is 6. The molecule has 1 aliphatic heterocycles. The molecule has 0 atom stereocenters. The number of ether oxygens (including phenoxy) is 1. The van der Waals surface area contributed by atoms with Gasteiger partial charge in [-0.15, -0.1) is 13.2 Å². The Kier molecular flexibility index (Phi) is 7.51. The lowest BCUT2D eigenvalue weighted by Gasteiger charge is -2.36. The Balaban J connectivity index is 1.44. The maximum absolute atomic E-state index is 13.2. The highest BCUT2D eigenvalue weighted by Crippen LogP contribution is 2.30. The summed E-state index contributed by atoms with van der Waals surface area (Å²) in [5.74, 6) is -1.00.